The highest BCUT2D eigenvalue weighted by molar-refractivity contribution is 7.91. The molecule has 11 heteroatoms. The van der Waals surface area contributed by atoms with Gasteiger partial charge in [0.15, 0.2) is 0 Å². The van der Waals surface area contributed by atoms with Crippen molar-refractivity contribution in [2.75, 3.05) is 18.8 Å². The second-order valence-corrected chi connectivity index (χ2v) is 13.3. The van der Waals surface area contributed by atoms with E-state index in [1.165, 1.54) is 12.4 Å². The standard InChI is InChI=1S/C23H38BN3O6S/c1-21(2,3)31-20(28)27-12-8-10-17(16-27)11-9-13-34(29,30)19-25-14-18(15-26-19)24-32-22(4,5)23(6,7)33-24/h14-15,17H,8-13,16H2,1-7H3. The molecule has 1 aromatic heterocycles. The first-order valence-electron chi connectivity index (χ1n) is 12.0. The monoisotopic (exact) mass is 495 g/mol. The Balaban J connectivity index is 1.52. The SMILES string of the molecule is CC(C)(C)OC(=O)N1CCCC(CCCS(=O)(=O)c2ncc(B3OC(C)(C)C(C)(C)O3)cn2)C1. The van der Waals surface area contributed by atoms with Gasteiger partial charge in [-0.25, -0.2) is 23.2 Å². The van der Waals surface area contributed by atoms with Crippen LogP contribution in [0.15, 0.2) is 17.6 Å². The second kappa shape index (κ2) is 9.74. The first-order chi connectivity index (χ1) is 15.6. The molecule has 2 aliphatic rings. The minimum atomic E-state index is -3.61. The number of amides is 1. The second-order valence-electron chi connectivity index (χ2n) is 11.3. The highest BCUT2D eigenvalue weighted by Gasteiger charge is 2.52. The predicted octanol–water partition coefficient (Wildman–Crippen LogP) is 2.98. The number of hydrogen-bond donors (Lipinski definition) is 0. The molecule has 9 nitrogen and oxygen atoms in total. The van der Waals surface area contributed by atoms with Gasteiger partial charge >= 0.3 is 13.2 Å². The average Bonchev–Trinajstić information content (AvgIpc) is 2.94. The summed E-state index contributed by atoms with van der Waals surface area (Å²) in [5.74, 6) is 0.217. The number of likely N-dealkylation sites (tertiary alicyclic amines) is 1. The Labute approximate surface area is 204 Å². The van der Waals surface area contributed by atoms with E-state index in [0.717, 1.165) is 12.8 Å². The van der Waals surface area contributed by atoms with E-state index in [0.29, 0.717) is 31.4 Å². The number of sulfone groups is 1. The number of rotatable bonds is 6. The molecule has 2 aliphatic heterocycles. The third kappa shape index (κ3) is 6.49. The van der Waals surface area contributed by atoms with Gasteiger partial charge < -0.3 is 18.9 Å². The lowest BCUT2D eigenvalue weighted by molar-refractivity contribution is 0.00578. The van der Waals surface area contributed by atoms with Crippen molar-refractivity contribution >= 4 is 28.5 Å². The number of nitrogens with zero attached hydrogens (tertiary/aromatic N) is 3. The lowest BCUT2D eigenvalue weighted by Gasteiger charge is -2.34. The average molecular weight is 495 g/mol. The minimum Gasteiger partial charge on any atom is -0.444 e. The van der Waals surface area contributed by atoms with Gasteiger partial charge in [-0.05, 0) is 80.1 Å². The van der Waals surface area contributed by atoms with Gasteiger partial charge in [0.1, 0.15) is 5.60 Å². The summed E-state index contributed by atoms with van der Waals surface area (Å²) in [5, 5.41) is -0.188. The van der Waals surface area contributed by atoms with Gasteiger partial charge in [0.2, 0.25) is 15.0 Å². The minimum absolute atomic E-state index is 0.0359. The van der Waals surface area contributed by atoms with Crippen LogP contribution in [0.4, 0.5) is 4.79 Å². The Morgan fingerprint density at radius 2 is 1.76 bits per heavy atom. The molecule has 1 atom stereocenters. The van der Waals surface area contributed by atoms with Gasteiger partial charge in [-0.2, -0.15) is 0 Å². The lowest BCUT2D eigenvalue weighted by atomic mass is 9.81. The van der Waals surface area contributed by atoms with Gasteiger partial charge in [0.25, 0.3) is 0 Å². The van der Waals surface area contributed by atoms with E-state index in [2.05, 4.69) is 9.97 Å². The topological polar surface area (TPSA) is 108 Å². The molecule has 0 aliphatic carbocycles. The first-order valence-corrected chi connectivity index (χ1v) is 13.6. The highest BCUT2D eigenvalue weighted by Crippen LogP contribution is 2.36. The van der Waals surface area contributed by atoms with Crippen molar-refractivity contribution in [2.24, 2.45) is 5.92 Å². The zero-order chi connectivity index (χ0) is 25.4. The van der Waals surface area contributed by atoms with E-state index in [9.17, 15) is 13.2 Å². The quantitative estimate of drug-likeness (QED) is 0.438. The number of aromatic nitrogens is 2. The highest BCUT2D eigenvalue weighted by atomic mass is 32.2. The summed E-state index contributed by atoms with van der Waals surface area (Å²) in [6, 6.07) is 0. The number of ether oxygens (including phenoxy) is 1. The van der Waals surface area contributed by atoms with Gasteiger partial charge in [-0.15, -0.1) is 0 Å². The fourth-order valence-electron chi connectivity index (χ4n) is 4.03. The van der Waals surface area contributed by atoms with Crippen LogP contribution >= 0.6 is 0 Å². The van der Waals surface area contributed by atoms with Crippen LogP contribution < -0.4 is 5.46 Å². The van der Waals surface area contributed by atoms with Crippen molar-refractivity contribution in [3.63, 3.8) is 0 Å². The zero-order valence-corrected chi connectivity index (χ0v) is 22.3. The molecule has 3 heterocycles. The molecule has 0 spiro atoms. The normalized spacial score (nSPS) is 22.6. The summed E-state index contributed by atoms with van der Waals surface area (Å²) in [6.07, 6.45) is 5.67. The Morgan fingerprint density at radius 1 is 1.18 bits per heavy atom. The number of carbonyl (C=O) groups excluding carboxylic acids is 1. The predicted molar refractivity (Wildman–Crippen MR) is 130 cm³/mol. The summed E-state index contributed by atoms with van der Waals surface area (Å²) in [4.78, 5) is 22.3. The molecule has 0 aromatic carbocycles. The van der Waals surface area contributed by atoms with Crippen LogP contribution in [0.3, 0.4) is 0 Å². The van der Waals surface area contributed by atoms with E-state index in [1.54, 1.807) is 4.90 Å². The van der Waals surface area contributed by atoms with E-state index < -0.39 is 33.8 Å². The molecule has 0 radical (unpaired) electrons. The molecule has 0 bridgehead atoms. The van der Waals surface area contributed by atoms with E-state index >= 15 is 0 Å². The fraction of sp³-hybridized carbons (Fsp3) is 0.783. The molecule has 2 saturated heterocycles. The van der Waals surface area contributed by atoms with Crippen LogP contribution in [0.5, 0.6) is 0 Å². The van der Waals surface area contributed by atoms with Gasteiger partial charge in [0.05, 0.1) is 17.0 Å². The van der Waals surface area contributed by atoms with Crippen LogP contribution in [0, 0.1) is 5.92 Å². The summed E-state index contributed by atoms with van der Waals surface area (Å²) >= 11 is 0. The third-order valence-corrected chi connectivity index (χ3v) is 8.24. The third-order valence-electron chi connectivity index (χ3n) is 6.65. The molecular weight excluding hydrogens is 457 g/mol. The Bertz CT molecular complexity index is 959. The maximum absolute atomic E-state index is 12.8. The van der Waals surface area contributed by atoms with Gasteiger partial charge in [0, 0.05) is 30.9 Å². The van der Waals surface area contributed by atoms with E-state index in [-0.39, 0.29) is 22.9 Å². The molecule has 2 fully saturated rings. The molecule has 190 valence electrons. The van der Waals surface area contributed by atoms with E-state index in [1.807, 2.05) is 48.5 Å². The van der Waals surface area contributed by atoms with Crippen LogP contribution in [0.1, 0.15) is 74.1 Å². The molecule has 34 heavy (non-hydrogen) atoms. The Kier molecular flexibility index (Phi) is 7.70. The van der Waals surface area contributed by atoms with Crippen LogP contribution in [0.2, 0.25) is 0 Å². The number of hydrogen-bond acceptors (Lipinski definition) is 8. The first kappa shape index (κ1) is 26.9. The largest absolute Gasteiger partial charge is 0.498 e. The summed E-state index contributed by atoms with van der Waals surface area (Å²) in [5.41, 5.74) is -0.945. The molecule has 1 amide bonds. The van der Waals surface area contributed by atoms with Crippen molar-refractivity contribution in [1.29, 1.82) is 0 Å². The Morgan fingerprint density at radius 3 is 2.32 bits per heavy atom. The smallest absolute Gasteiger partial charge is 0.444 e. The van der Waals surface area contributed by atoms with Crippen molar-refractivity contribution in [3.8, 4) is 0 Å². The maximum atomic E-state index is 12.8. The van der Waals surface area contributed by atoms with E-state index in [4.69, 9.17) is 14.0 Å². The zero-order valence-electron chi connectivity index (χ0n) is 21.5. The molecule has 1 unspecified atom stereocenters. The summed E-state index contributed by atoms with van der Waals surface area (Å²) < 4.78 is 43.0. The van der Waals surface area contributed by atoms with Crippen molar-refractivity contribution in [1.82, 2.24) is 14.9 Å². The molecule has 3 rings (SSSR count). The molecular formula is C23H38BN3O6S. The van der Waals surface area contributed by atoms with Crippen LogP contribution in [-0.2, 0) is 23.9 Å². The lowest BCUT2D eigenvalue weighted by Crippen LogP contribution is -2.42. The van der Waals surface area contributed by atoms with Crippen molar-refractivity contribution in [3.05, 3.63) is 12.4 Å². The van der Waals surface area contributed by atoms with Gasteiger partial charge in [-0.1, -0.05) is 0 Å². The summed E-state index contributed by atoms with van der Waals surface area (Å²) in [6.45, 7) is 14.6. The molecule has 1 aromatic rings. The maximum Gasteiger partial charge on any atom is 0.498 e. The van der Waals surface area contributed by atoms with Crippen molar-refractivity contribution < 1.29 is 27.3 Å². The number of piperidine rings is 1. The van der Waals surface area contributed by atoms with Crippen molar-refractivity contribution in [2.45, 2.75) is 96.1 Å². The molecule has 0 saturated carbocycles. The van der Waals surface area contributed by atoms with Crippen LogP contribution in [0.25, 0.3) is 0 Å². The number of carbonyl (C=O) groups is 1. The molecule has 0 N–H and O–H groups in total. The summed E-state index contributed by atoms with van der Waals surface area (Å²) in [7, 11) is -4.25. The Hall–Kier alpha value is -1.72. The van der Waals surface area contributed by atoms with Crippen LogP contribution in [-0.4, -0.2) is 72.1 Å². The fourth-order valence-corrected chi connectivity index (χ4v) is 5.19. The van der Waals surface area contributed by atoms with Gasteiger partial charge in [-0.3, -0.25) is 0 Å².